The predicted molar refractivity (Wildman–Crippen MR) is 99.0 cm³/mol. The second-order valence-corrected chi connectivity index (χ2v) is 6.57. The van der Waals surface area contributed by atoms with Crippen molar-refractivity contribution >= 4 is 17.4 Å². The zero-order chi connectivity index (χ0) is 17.2. The fourth-order valence-corrected chi connectivity index (χ4v) is 3.16. The van der Waals surface area contributed by atoms with Crippen molar-refractivity contribution in [2.45, 2.75) is 6.54 Å². The van der Waals surface area contributed by atoms with Crippen molar-refractivity contribution in [2.24, 2.45) is 0 Å². The molecule has 1 saturated heterocycles. The Hall–Kier alpha value is -2.67. The van der Waals surface area contributed by atoms with Gasteiger partial charge < -0.3 is 14.2 Å². The van der Waals surface area contributed by atoms with Crippen molar-refractivity contribution in [3.63, 3.8) is 0 Å². The fraction of sp³-hybridized carbons (Fsp3) is 0.389. The summed E-state index contributed by atoms with van der Waals surface area (Å²) in [5, 5.41) is 0. The van der Waals surface area contributed by atoms with E-state index in [1.165, 1.54) is 0 Å². The summed E-state index contributed by atoms with van der Waals surface area (Å²) < 4.78 is 2.08. The van der Waals surface area contributed by atoms with E-state index in [9.17, 15) is 0 Å². The molecule has 0 bridgehead atoms. The number of nitrogens with zero attached hydrogens (tertiary/aromatic N) is 7. The molecular weight excluding hydrogens is 314 g/mol. The van der Waals surface area contributed by atoms with E-state index in [2.05, 4.69) is 30.4 Å². The lowest BCUT2D eigenvalue weighted by Crippen LogP contribution is -2.46. The van der Waals surface area contributed by atoms with E-state index in [0.717, 1.165) is 55.8 Å². The van der Waals surface area contributed by atoms with Gasteiger partial charge in [0.25, 0.3) is 0 Å². The molecule has 0 amide bonds. The summed E-state index contributed by atoms with van der Waals surface area (Å²) in [6.45, 7) is 4.85. The van der Waals surface area contributed by atoms with Gasteiger partial charge in [-0.15, -0.1) is 0 Å². The fourth-order valence-electron chi connectivity index (χ4n) is 3.16. The number of hydrogen-bond donors (Lipinski definition) is 0. The van der Waals surface area contributed by atoms with Gasteiger partial charge in [0, 0.05) is 65.4 Å². The van der Waals surface area contributed by atoms with Crippen molar-refractivity contribution in [3.05, 3.63) is 48.5 Å². The summed E-state index contributed by atoms with van der Waals surface area (Å²) in [5.74, 6) is 1.76. The number of hydrogen-bond acceptors (Lipinski definition) is 6. The van der Waals surface area contributed by atoms with Crippen molar-refractivity contribution < 1.29 is 0 Å². The lowest BCUT2D eigenvalue weighted by Gasteiger charge is -2.35. The number of piperazine rings is 1. The van der Waals surface area contributed by atoms with Gasteiger partial charge in [-0.2, -0.15) is 4.98 Å². The minimum atomic E-state index is 0.754. The number of aromatic nitrogens is 4. The summed E-state index contributed by atoms with van der Waals surface area (Å²) in [5.41, 5.74) is 2.13. The standard InChI is InChI=1S/C18H23N7/c1-22(2)18-19-7-6-17(21-18)24-11-9-23(10-12-24)13-15-14-25-8-4-3-5-16(25)20-15/h3-8,14H,9-13H2,1-2H3. The van der Waals surface area contributed by atoms with E-state index in [-0.39, 0.29) is 0 Å². The zero-order valence-electron chi connectivity index (χ0n) is 14.7. The summed E-state index contributed by atoms with van der Waals surface area (Å²) in [6, 6.07) is 8.08. The van der Waals surface area contributed by atoms with Crippen LogP contribution in [0.3, 0.4) is 0 Å². The third kappa shape index (κ3) is 3.41. The topological polar surface area (TPSA) is 52.8 Å². The third-order valence-corrected chi connectivity index (χ3v) is 4.52. The quantitative estimate of drug-likeness (QED) is 0.719. The molecule has 130 valence electrons. The lowest BCUT2D eigenvalue weighted by molar-refractivity contribution is 0.247. The average Bonchev–Trinajstić information content (AvgIpc) is 3.04. The van der Waals surface area contributed by atoms with Crippen LogP contribution in [-0.2, 0) is 6.54 Å². The molecule has 25 heavy (non-hydrogen) atoms. The minimum absolute atomic E-state index is 0.754. The van der Waals surface area contributed by atoms with E-state index in [4.69, 9.17) is 4.98 Å². The average molecular weight is 337 g/mol. The Kier molecular flexibility index (Phi) is 4.23. The van der Waals surface area contributed by atoms with Crippen molar-refractivity contribution in [1.82, 2.24) is 24.3 Å². The highest BCUT2D eigenvalue weighted by atomic mass is 15.3. The van der Waals surface area contributed by atoms with E-state index >= 15 is 0 Å². The summed E-state index contributed by atoms with van der Waals surface area (Å²) in [6.07, 6.45) is 6.00. The van der Waals surface area contributed by atoms with Crippen LogP contribution < -0.4 is 9.80 Å². The molecule has 4 rings (SSSR count). The minimum Gasteiger partial charge on any atom is -0.354 e. The maximum absolute atomic E-state index is 4.70. The van der Waals surface area contributed by atoms with Crippen molar-refractivity contribution in [1.29, 1.82) is 0 Å². The molecule has 3 aromatic rings. The smallest absolute Gasteiger partial charge is 0.226 e. The second kappa shape index (κ2) is 6.68. The van der Waals surface area contributed by atoms with E-state index in [1.54, 1.807) is 0 Å². The monoisotopic (exact) mass is 337 g/mol. The summed E-state index contributed by atoms with van der Waals surface area (Å²) >= 11 is 0. The predicted octanol–water partition coefficient (Wildman–Crippen LogP) is 1.51. The van der Waals surface area contributed by atoms with E-state index in [1.807, 2.05) is 55.7 Å². The van der Waals surface area contributed by atoms with Gasteiger partial charge in [0.15, 0.2) is 0 Å². The lowest BCUT2D eigenvalue weighted by atomic mass is 10.3. The summed E-state index contributed by atoms with van der Waals surface area (Å²) in [4.78, 5) is 20.3. The molecule has 0 radical (unpaired) electrons. The zero-order valence-corrected chi connectivity index (χ0v) is 14.7. The Labute approximate surface area is 147 Å². The molecule has 4 heterocycles. The molecule has 1 fully saturated rings. The van der Waals surface area contributed by atoms with Crippen LogP contribution in [0.4, 0.5) is 11.8 Å². The van der Waals surface area contributed by atoms with Crippen LogP contribution in [0.2, 0.25) is 0 Å². The molecule has 1 aliphatic rings. The van der Waals surface area contributed by atoms with Gasteiger partial charge in [-0.05, 0) is 18.2 Å². The molecule has 0 spiro atoms. The first kappa shape index (κ1) is 15.8. The highest BCUT2D eigenvalue weighted by molar-refractivity contribution is 5.43. The third-order valence-electron chi connectivity index (χ3n) is 4.52. The molecule has 3 aromatic heterocycles. The van der Waals surface area contributed by atoms with Gasteiger partial charge in [0.1, 0.15) is 11.5 Å². The van der Waals surface area contributed by atoms with Crippen LogP contribution in [0.15, 0.2) is 42.9 Å². The molecule has 0 aromatic carbocycles. The first-order valence-electron chi connectivity index (χ1n) is 8.59. The SMILES string of the molecule is CN(C)c1nccc(N2CCN(Cc3cn4ccccc4n3)CC2)n1. The van der Waals surface area contributed by atoms with Crippen LogP contribution in [0, 0.1) is 0 Å². The maximum Gasteiger partial charge on any atom is 0.226 e. The second-order valence-electron chi connectivity index (χ2n) is 6.57. The first-order valence-corrected chi connectivity index (χ1v) is 8.59. The number of fused-ring (bicyclic) bond motifs is 1. The highest BCUT2D eigenvalue weighted by Crippen LogP contribution is 2.17. The molecule has 7 heteroatoms. The molecular formula is C18H23N7. The Bertz CT molecular complexity index is 816. The molecule has 0 aliphatic carbocycles. The van der Waals surface area contributed by atoms with Gasteiger partial charge in [-0.1, -0.05) is 6.07 Å². The maximum atomic E-state index is 4.70. The number of anilines is 2. The van der Waals surface area contributed by atoms with Crippen molar-refractivity contribution in [2.75, 3.05) is 50.1 Å². The number of rotatable bonds is 4. The van der Waals surface area contributed by atoms with Gasteiger partial charge in [-0.25, -0.2) is 9.97 Å². The van der Waals surface area contributed by atoms with Crippen molar-refractivity contribution in [3.8, 4) is 0 Å². The Morgan fingerprint density at radius 3 is 2.64 bits per heavy atom. The Balaban J connectivity index is 1.39. The van der Waals surface area contributed by atoms with Gasteiger partial charge in [-0.3, -0.25) is 4.90 Å². The number of pyridine rings is 1. The Morgan fingerprint density at radius 2 is 1.88 bits per heavy atom. The van der Waals surface area contributed by atoms with Crippen LogP contribution in [0.5, 0.6) is 0 Å². The van der Waals surface area contributed by atoms with Gasteiger partial charge in [0.05, 0.1) is 5.69 Å². The normalized spacial score (nSPS) is 15.7. The molecule has 0 unspecified atom stereocenters. The highest BCUT2D eigenvalue weighted by Gasteiger charge is 2.19. The van der Waals surface area contributed by atoms with Crippen LogP contribution in [0.25, 0.3) is 5.65 Å². The van der Waals surface area contributed by atoms with Crippen LogP contribution >= 0.6 is 0 Å². The van der Waals surface area contributed by atoms with Crippen LogP contribution in [0.1, 0.15) is 5.69 Å². The largest absolute Gasteiger partial charge is 0.354 e. The number of imidazole rings is 1. The molecule has 0 saturated carbocycles. The van der Waals surface area contributed by atoms with Gasteiger partial charge >= 0.3 is 0 Å². The molecule has 0 atom stereocenters. The summed E-state index contributed by atoms with van der Waals surface area (Å²) in [7, 11) is 3.93. The first-order chi connectivity index (χ1) is 12.2. The van der Waals surface area contributed by atoms with Crippen LogP contribution in [-0.4, -0.2) is 64.5 Å². The van der Waals surface area contributed by atoms with Gasteiger partial charge in [0.2, 0.25) is 5.95 Å². The van der Waals surface area contributed by atoms with E-state index in [0.29, 0.717) is 0 Å². The molecule has 7 nitrogen and oxygen atoms in total. The molecule has 0 N–H and O–H groups in total. The van der Waals surface area contributed by atoms with E-state index < -0.39 is 0 Å². The Morgan fingerprint density at radius 1 is 1.04 bits per heavy atom. The molecule has 1 aliphatic heterocycles.